The number of benzene rings is 1. The number of nitrogens with zero attached hydrogens (tertiary/aromatic N) is 3. The first-order valence-corrected chi connectivity index (χ1v) is 8.76. The number of hydrogen-bond acceptors (Lipinski definition) is 5. The number of imide groups is 1. The Labute approximate surface area is 155 Å². The lowest BCUT2D eigenvalue weighted by Gasteiger charge is -2.39. The molecule has 10 heteroatoms. The first-order chi connectivity index (χ1) is 11.9. The summed E-state index contributed by atoms with van der Waals surface area (Å²) in [5.74, 6) is -0.448. The number of anilines is 1. The van der Waals surface area contributed by atoms with Crippen LogP contribution in [0.25, 0.3) is 10.9 Å². The van der Waals surface area contributed by atoms with E-state index in [9.17, 15) is 14.0 Å². The average molecular weight is 429 g/mol. The van der Waals surface area contributed by atoms with Crippen LogP contribution < -0.4 is 15.5 Å². The van der Waals surface area contributed by atoms with E-state index in [0.717, 1.165) is 0 Å². The molecule has 2 N–H and O–H groups in total. The summed E-state index contributed by atoms with van der Waals surface area (Å²) in [6, 6.07) is 2.76. The van der Waals surface area contributed by atoms with Gasteiger partial charge in [0.15, 0.2) is 5.82 Å². The maximum atomic E-state index is 14.4. The lowest BCUT2D eigenvalue weighted by Crippen LogP contribution is -2.58. The molecule has 1 spiro atoms. The van der Waals surface area contributed by atoms with Gasteiger partial charge in [-0.3, -0.25) is 10.1 Å². The molecule has 2 aromatic rings. The highest BCUT2D eigenvalue weighted by atomic mass is 79.9. The van der Waals surface area contributed by atoms with E-state index in [-0.39, 0.29) is 27.7 Å². The van der Waals surface area contributed by atoms with Crippen LogP contribution in [0.5, 0.6) is 0 Å². The number of carbonyl (C=O) groups is 2. The first kappa shape index (κ1) is 16.5. The van der Waals surface area contributed by atoms with Gasteiger partial charge >= 0.3 is 6.03 Å². The molecule has 25 heavy (non-hydrogen) atoms. The second-order valence-electron chi connectivity index (χ2n) is 6.09. The quantitative estimate of drug-likeness (QED) is 0.538. The highest BCUT2D eigenvalue weighted by Gasteiger charge is 2.49. The highest BCUT2D eigenvalue weighted by Crippen LogP contribution is 2.34. The number of carbonyl (C=O) groups excluding carboxylic acids is 2. The van der Waals surface area contributed by atoms with Gasteiger partial charge in [-0.1, -0.05) is 0 Å². The second kappa shape index (κ2) is 5.77. The molecule has 1 aromatic heterocycles. The van der Waals surface area contributed by atoms with Crippen molar-refractivity contribution in [2.24, 2.45) is 0 Å². The van der Waals surface area contributed by atoms with Crippen LogP contribution in [0.3, 0.4) is 0 Å². The van der Waals surface area contributed by atoms with Crippen LogP contribution in [0.1, 0.15) is 12.8 Å². The molecule has 1 atom stereocenters. The van der Waals surface area contributed by atoms with Crippen molar-refractivity contribution in [3.63, 3.8) is 0 Å². The number of rotatable bonds is 1. The van der Waals surface area contributed by atoms with E-state index < -0.39 is 17.4 Å². The van der Waals surface area contributed by atoms with Gasteiger partial charge in [0.1, 0.15) is 16.9 Å². The molecule has 3 amide bonds. The molecule has 0 unspecified atom stereocenters. The average Bonchev–Trinajstić information content (AvgIpc) is 2.84. The fourth-order valence-corrected chi connectivity index (χ4v) is 3.87. The van der Waals surface area contributed by atoms with Crippen LogP contribution in [-0.4, -0.2) is 40.5 Å². The van der Waals surface area contributed by atoms with E-state index in [1.165, 1.54) is 0 Å². The normalized spacial score (nSPS) is 23.2. The fourth-order valence-electron chi connectivity index (χ4n) is 3.39. The van der Waals surface area contributed by atoms with Gasteiger partial charge in [0.25, 0.3) is 5.91 Å². The number of amides is 3. The van der Waals surface area contributed by atoms with Crippen molar-refractivity contribution in [1.82, 2.24) is 20.6 Å². The zero-order valence-electron chi connectivity index (χ0n) is 12.8. The number of piperidine rings is 1. The molecule has 0 saturated carbocycles. The Bertz CT molecular complexity index is 926. The number of fused-ring (bicyclic) bond motifs is 1. The zero-order chi connectivity index (χ0) is 17.8. The van der Waals surface area contributed by atoms with Crippen LogP contribution >= 0.6 is 27.5 Å². The van der Waals surface area contributed by atoms with Crippen LogP contribution in [-0.2, 0) is 4.79 Å². The van der Waals surface area contributed by atoms with E-state index in [0.29, 0.717) is 30.6 Å². The van der Waals surface area contributed by atoms with E-state index in [1.807, 2.05) is 4.90 Å². The van der Waals surface area contributed by atoms with Crippen molar-refractivity contribution in [3.8, 4) is 0 Å². The van der Waals surface area contributed by atoms with E-state index in [4.69, 9.17) is 11.6 Å². The summed E-state index contributed by atoms with van der Waals surface area (Å²) < 4.78 is 14.7. The molecule has 2 aliphatic rings. The van der Waals surface area contributed by atoms with E-state index in [2.05, 4.69) is 36.5 Å². The Morgan fingerprint density at radius 1 is 1.32 bits per heavy atom. The minimum atomic E-state index is -1.01. The topological polar surface area (TPSA) is 87.2 Å². The van der Waals surface area contributed by atoms with Crippen LogP contribution in [0.2, 0.25) is 5.28 Å². The minimum Gasteiger partial charge on any atom is -0.353 e. The maximum absolute atomic E-state index is 14.4. The van der Waals surface area contributed by atoms with Gasteiger partial charge in [0.05, 0.1) is 11.0 Å². The van der Waals surface area contributed by atoms with Gasteiger partial charge in [-0.05, 0) is 52.5 Å². The summed E-state index contributed by atoms with van der Waals surface area (Å²) in [5, 5.41) is 5.38. The minimum absolute atomic E-state index is 0.0842. The Kier molecular flexibility index (Phi) is 3.80. The maximum Gasteiger partial charge on any atom is 0.322 e. The first-order valence-electron chi connectivity index (χ1n) is 7.59. The number of halogens is 3. The van der Waals surface area contributed by atoms with Crippen molar-refractivity contribution in [2.75, 3.05) is 18.0 Å². The molecule has 2 aliphatic heterocycles. The van der Waals surface area contributed by atoms with Gasteiger partial charge in [-0.15, -0.1) is 0 Å². The number of hydrogen-bond donors (Lipinski definition) is 2. The third-order valence-corrected chi connectivity index (χ3v) is 5.30. The van der Waals surface area contributed by atoms with E-state index >= 15 is 0 Å². The molecule has 4 rings (SSSR count). The van der Waals surface area contributed by atoms with Crippen LogP contribution in [0, 0.1) is 5.82 Å². The molecule has 2 saturated heterocycles. The molecule has 0 bridgehead atoms. The molecule has 130 valence electrons. The zero-order valence-corrected chi connectivity index (χ0v) is 15.1. The summed E-state index contributed by atoms with van der Waals surface area (Å²) in [7, 11) is 0. The van der Waals surface area contributed by atoms with Crippen LogP contribution in [0.15, 0.2) is 16.6 Å². The number of urea groups is 1. The molecular weight excluding hydrogens is 417 g/mol. The molecule has 0 aliphatic carbocycles. The Balaban J connectivity index is 1.81. The summed E-state index contributed by atoms with van der Waals surface area (Å²) in [4.78, 5) is 33.8. The Morgan fingerprint density at radius 2 is 2.12 bits per heavy atom. The van der Waals surface area contributed by atoms with Gasteiger partial charge < -0.3 is 10.2 Å². The molecule has 0 radical (unpaired) electrons. The lowest BCUT2D eigenvalue weighted by molar-refractivity contribution is -0.124. The smallest absolute Gasteiger partial charge is 0.322 e. The monoisotopic (exact) mass is 427 g/mol. The van der Waals surface area contributed by atoms with Crippen LogP contribution in [0.4, 0.5) is 15.0 Å². The summed E-state index contributed by atoms with van der Waals surface area (Å²) in [6.45, 7) is 0.829. The van der Waals surface area contributed by atoms with Crippen molar-refractivity contribution >= 4 is 56.2 Å². The molecular formula is C15H12BrClFN5O2. The van der Waals surface area contributed by atoms with Gasteiger partial charge in [-0.25, -0.2) is 14.2 Å². The predicted octanol–water partition coefficient (Wildman–Crippen LogP) is 2.36. The predicted molar refractivity (Wildman–Crippen MR) is 93.1 cm³/mol. The third-order valence-electron chi connectivity index (χ3n) is 4.52. The Morgan fingerprint density at radius 3 is 2.84 bits per heavy atom. The van der Waals surface area contributed by atoms with Crippen molar-refractivity contribution < 1.29 is 14.0 Å². The highest BCUT2D eigenvalue weighted by molar-refractivity contribution is 9.10. The number of aromatic nitrogens is 2. The fraction of sp³-hybridized carbons (Fsp3) is 0.333. The molecule has 2 fully saturated rings. The van der Waals surface area contributed by atoms with Gasteiger partial charge in [-0.2, -0.15) is 4.98 Å². The second-order valence-corrected chi connectivity index (χ2v) is 7.28. The summed E-state index contributed by atoms with van der Waals surface area (Å²) in [5.41, 5.74) is -0.906. The SMILES string of the molecule is O=C1NC(=O)[C@]2(CCCN(c3nc(Cl)nc4c(F)c(Br)ccc34)C2)N1. The molecule has 1 aromatic carbocycles. The third kappa shape index (κ3) is 2.62. The van der Waals surface area contributed by atoms with Gasteiger partial charge in [0.2, 0.25) is 5.28 Å². The standard InChI is InChI=1S/C15H12BrClFN5O2/c16-8-3-2-7-10(9(8)18)19-13(17)20-11(7)23-5-1-4-15(6-23)12(24)21-14(25)22-15/h2-3H,1,4-6H2,(H2,21,22,24,25)/t15-/m1/s1. The van der Waals surface area contributed by atoms with Gasteiger partial charge in [0, 0.05) is 11.9 Å². The molecule has 7 nitrogen and oxygen atoms in total. The molecule has 3 heterocycles. The lowest BCUT2D eigenvalue weighted by atomic mass is 9.89. The Hall–Kier alpha value is -2.00. The largest absolute Gasteiger partial charge is 0.353 e. The summed E-state index contributed by atoms with van der Waals surface area (Å²) in [6.07, 6.45) is 1.19. The summed E-state index contributed by atoms with van der Waals surface area (Å²) >= 11 is 9.12. The number of nitrogens with one attached hydrogen (secondary N) is 2. The van der Waals surface area contributed by atoms with Crippen molar-refractivity contribution in [1.29, 1.82) is 0 Å². The van der Waals surface area contributed by atoms with E-state index in [1.54, 1.807) is 12.1 Å². The van der Waals surface area contributed by atoms with Crippen molar-refractivity contribution in [2.45, 2.75) is 18.4 Å². The van der Waals surface area contributed by atoms with Crippen molar-refractivity contribution in [3.05, 3.63) is 27.7 Å².